The molecule has 1 aliphatic heterocycles. The number of anilines is 1. The van der Waals surface area contributed by atoms with Crippen molar-refractivity contribution < 1.29 is 9.53 Å². The predicted octanol–water partition coefficient (Wildman–Crippen LogP) is 1.43. The zero-order valence-electron chi connectivity index (χ0n) is 10.5. The molecule has 2 rings (SSSR count). The van der Waals surface area contributed by atoms with Crippen molar-refractivity contribution in [3.05, 3.63) is 22.3 Å². The quantitative estimate of drug-likeness (QED) is 0.562. The van der Waals surface area contributed by atoms with Crippen LogP contribution >= 0.6 is 15.9 Å². The molecule has 104 valence electrons. The highest BCUT2D eigenvalue weighted by Crippen LogP contribution is 2.18. The van der Waals surface area contributed by atoms with Crippen LogP contribution in [-0.4, -0.2) is 30.1 Å². The summed E-state index contributed by atoms with van der Waals surface area (Å²) in [6.45, 7) is 1.41. The van der Waals surface area contributed by atoms with E-state index in [0.717, 1.165) is 30.3 Å². The van der Waals surface area contributed by atoms with Crippen molar-refractivity contribution in [1.29, 1.82) is 0 Å². The minimum absolute atomic E-state index is 0.195. The Morgan fingerprint density at radius 1 is 1.63 bits per heavy atom. The van der Waals surface area contributed by atoms with Gasteiger partial charge < -0.3 is 15.5 Å². The van der Waals surface area contributed by atoms with Crippen molar-refractivity contribution in [3.63, 3.8) is 0 Å². The average Bonchev–Trinajstić information content (AvgIpc) is 2.91. The molecule has 1 amide bonds. The molecule has 7 heteroatoms. The van der Waals surface area contributed by atoms with Crippen molar-refractivity contribution in [2.24, 2.45) is 5.84 Å². The monoisotopic (exact) mass is 328 g/mol. The molecule has 19 heavy (non-hydrogen) atoms. The van der Waals surface area contributed by atoms with Crippen molar-refractivity contribution in [2.45, 2.75) is 25.4 Å². The van der Waals surface area contributed by atoms with Crippen molar-refractivity contribution >= 4 is 27.7 Å². The number of amides is 1. The van der Waals surface area contributed by atoms with E-state index in [1.165, 1.54) is 0 Å². The lowest BCUT2D eigenvalue weighted by molar-refractivity contribution is 0.0907. The Labute approximate surface area is 120 Å². The first kappa shape index (κ1) is 14.2. The number of aromatic nitrogens is 1. The molecular formula is C12H17BrN4O2. The third kappa shape index (κ3) is 3.89. The molecule has 2 heterocycles. The van der Waals surface area contributed by atoms with Gasteiger partial charge in [-0.15, -0.1) is 0 Å². The van der Waals surface area contributed by atoms with Gasteiger partial charge in [0.25, 0.3) is 5.91 Å². The first-order valence-electron chi connectivity index (χ1n) is 6.22. The molecule has 1 atom stereocenters. The number of nitrogen functional groups attached to an aromatic ring is 1. The molecule has 1 aromatic rings. The van der Waals surface area contributed by atoms with Crippen LogP contribution in [0.5, 0.6) is 0 Å². The fourth-order valence-corrected chi connectivity index (χ4v) is 2.37. The van der Waals surface area contributed by atoms with E-state index in [1.54, 1.807) is 12.3 Å². The fraction of sp³-hybridized carbons (Fsp3) is 0.500. The Morgan fingerprint density at radius 2 is 2.47 bits per heavy atom. The van der Waals surface area contributed by atoms with Gasteiger partial charge in [-0.25, -0.2) is 10.8 Å². The number of carbonyl (C=O) groups excluding carboxylic acids is 1. The smallest absolute Gasteiger partial charge is 0.255 e. The van der Waals surface area contributed by atoms with Gasteiger partial charge in [-0.1, -0.05) is 0 Å². The summed E-state index contributed by atoms with van der Waals surface area (Å²) in [6.07, 6.45) is 4.86. The van der Waals surface area contributed by atoms with E-state index in [0.29, 0.717) is 17.9 Å². The number of nitrogens with zero attached hydrogens (tertiary/aromatic N) is 1. The van der Waals surface area contributed by atoms with Gasteiger partial charge >= 0.3 is 0 Å². The number of nitrogens with one attached hydrogen (secondary N) is 2. The predicted molar refractivity (Wildman–Crippen MR) is 75.7 cm³/mol. The molecule has 0 aliphatic carbocycles. The van der Waals surface area contributed by atoms with Gasteiger partial charge in [0.05, 0.1) is 11.7 Å². The van der Waals surface area contributed by atoms with Crippen LogP contribution in [0.25, 0.3) is 0 Å². The van der Waals surface area contributed by atoms with E-state index in [1.807, 2.05) is 0 Å². The van der Waals surface area contributed by atoms with Crippen LogP contribution in [0.2, 0.25) is 0 Å². The topological polar surface area (TPSA) is 89.3 Å². The highest BCUT2D eigenvalue weighted by Gasteiger charge is 2.16. The molecule has 1 aromatic heterocycles. The lowest BCUT2D eigenvalue weighted by atomic mass is 10.2. The number of hydrogen-bond donors (Lipinski definition) is 3. The molecule has 0 aromatic carbocycles. The van der Waals surface area contributed by atoms with Crippen LogP contribution in [0.1, 0.15) is 29.6 Å². The van der Waals surface area contributed by atoms with Crippen LogP contribution in [0.15, 0.2) is 16.7 Å². The third-order valence-electron chi connectivity index (χ3n) is 3.01. The second kappa shape index (κ2) is 6.83. The Bertz CT molecular complexity index is 449. The molecule has 4 N–H and O–H groups in total. The van der Waals surface area contributed by atoms with Crippen LogP contribution in [-0.2, 0) is 4.74 Å². The average molecular weight is 329 g/mol. The van der Waals surface area contributed by atoms with E-state index in [-0.39, 0.29) is 12.0 Å². The number of rotatable bonds is 5. The molecule has 0 radical (unpaired) electrons. The summed E-state index contributed by atoms with van der Waals surface area (Å²) in [7, 11) is 0. The van der Waals surface area contributed by atoms with Gasteiger partial charge in [0.15, 0.2) is 5.82 Å². The summed E-state index contributed by atoms with van der Waals surface area (Å²) in [5.41, 5.74) is 2.84. The molecular weight excluding hydrogens is 312 g/mol. The number of carbonyl (C=O) groups is 1. The van der Waals surface area contributed by atoms with E-state index < -0.39 is 0 Å². The summed E-state index contributed by atoms with van der Waals surface area (Å²) in [6, 6.07) is 1.68. The number of hydrazine groups is 1. The molecule has 0 bridgehead atoms. The first-order chi connectivity index (χ1) is 9.20. The molecule has 1 aliphatic rings. The van der Waals surface area contributed by atoms with Crippen molar-refractivity contribution in [1.82, 2.24) is 10.3 Å². The fourth-order valence-electron chi connectivity index (χ4n) is 2.04. The Balaban J connectivity index is 1.89. The van der Waals surface area contributed by atoms with E-state index in [2.05, 4.69) is 31.7 Å². The maximum absolute atomic E-state index is 12.0. The van der Waals surface area contributed by atoms with Gasteiger partial charge in [0.1, 0.15) is 0 Å². The minimum Gasteiger partial charge on any atom is -0.378 e. The zero-order valence-corrected chi connectivity index (χ0v) is 12.1. The molecule has 6 nitrogen and oxygen atoms in total. The normalized spacial score (nSPS) is 18.3. The summed E-state index contributed by atoms with van der Waals surface area (Å²) < 4.78 is 6.23. The summed E-state index contributed by atoms with van der Waals surface area (Å²) >= 11 is 3.28. The molecule has 0 spiro atoms. The Kier molecular flexibility index (Phi) is 5.12. The number of ether oxygens (including phenoxy) is 1. The summed E-state index contributed by atoms with van der Waals surface area (Å²) in [5, 5.41) is 2.85. The lowest BCUT2D eigenvalue weighted by Gasteiger charge is -2.11. The van der Waals surface area contributed by atoms with Crippen LogP contribution in [0.4, 0.5) is 5.82 Å². The summed E-state index contributed by atoms with van der Waals surface area (Å²) in [4.78, 5) is 16.1. The maximum atomic E-state index is 12.0. The minimum atomic E-state index is -0.195. The van der Waals surface area contributed by atoms with E-state index >= 15 is 0 Å². The second-order valence-electron chi connectivity index (χ2n) is 4.37. The largest absolute Gasteiger partial charge is 0.378 e. The number of hydrogen-bond acceptors (Lipinski definition) is 5. The molecule has 0 saturated carbocycles. The van der Waals surface area contributed by atoms with Crippen LogP contribution in [0.3, 0.4) is 0 Å². The lowest BCUT2D eigenvalue weighted by Crippen LogP contribution is -2.28. The number of nitrogens with two attached hydrogens (primary N) is 1. The van der Waals surface area contributed by atoms with Gasteiger partial charge in [-0.05, 0) is 41.3 Å². The second-order valence-corrected chi connectivity index (χ2v) is 5.29. The molecule has 1 fully saturated rings. The first-order valence-corrected chi connectivity index (χ1v) is 7.02. The van der Waals surface area contributed by atoms with Gasteiger partial charge in [0.2, 0.25) is 0 Å². The maximum Gasteiger partial charge on any atom is 0.255 e. The molecule has 1 saturated heterocycles. The van der Waals surface area contributed by atoms with Gasteiger partial charge in [0, 0.05) is 23.8 Å². The van der Waals surface area contributed by atoms with Crippen molar-refractivity contribution in [2.75, 3.05) is 18.6 Å². The van der Waals surface area contributed by atoms with Gasteiger partial charge in [-0.2, -0.15) is 0 Å². The van der Waals surface area contributed by atoms with Crippen LogP contribution < -0.4 is 16.6 Å². The number of halogens is 1. The van der Waals surface area contributed by atoms with Crippen molar-refractivity contribution in [3.8, 4) is 0 Å². The van der Waals surface area contributed by atoms with E-state index in [9.17, 15) is 4.79 Å². The summed E-state index contributed by atoms with van der Waals surface area (Å²) in [5.74, 6) is 5.50. The SMILES string of the molecule is NNc1ncc(Br)cc1C(=O)NCCC1CCCO1. The Morgan fingerprint density at radius 3 is 3.16 bits per heavy atom. The standard InChI is InChI=1S/C12H17BrN4O2/c13-8-6-10(11(17-14)16-7-8)12(18)15-4-3-9-2-1-5-19-9/h6-7,9H,1-5,14H2,(H,15,18)(H,16,17). The van der Waals surface area contributed by atoms with Gasteiger partial charge in [-0.3, -0.25) is 4.79 Å². The highest BCUT2D eigenvalue weighted by atomic mass is 79.9. The Hall–Kier alpha value is -1.18. The molecule has 1 unspecified atom stereocenters. The zero-order chi connectivity index (χ0) is 13.7. The van der Waals surface area contributed by atoms with E-state index in [4.69, 9.17) is 10.6 Å². The van der Waals surface area contributed by atoms with Crippen LogP contribution in [0, 0.1) is 0 Å². The highest BCUT2D eigenvalue weighted by molar-refractivity contribution is 9.10. The third-order valence-corrected chi connectivity index (χ3v) is 3.45. The number of pyridine rings is 1.